The molecule has 1 atom stereocenters. The fourth-order valence-corrected chi connectivity index (χ4v) is 3.85. The van der Waals surface area contributed by atoms with Crippen LogP contribution in [0.25, 0.3) is 0 Å². The van der Waals surface area contributed by atoms with E-state index in [-0.39, 0.29) is 10.8 Å². The van der Waals surface area contributed by atoms with Crippen LogP contribution in [0, 0.1) is 19.8 Å². The Bertz CT molecular complexity index is 564. The third-order valence-electron chi connectivity index (χ3n) is 4.43. The molecule has 0 aromatic carbocycles. The third kappa shape index (κ3) is 4.68. The lowest BCUT2D eigenvalue weighted by molar-refractivity contribution is -0.121. The van der Waals surface area contributed by atoms with Gasteiger partial charge in [0.1, 0.15) is 0 Å². The van der Waals surface area contributed by atoms with Crippen molar-refractivity contribution in [1.82, 2.24) is 14.8 Å². The minimum absolute atomic E-state index is 0.0280. The number of carbonyl (C=O) groups excluding carboxylic acids is 1. The van der Waals surface area contributed by atoms with E-state index in [4.69, 9.17) is 0 Å². The largest absolute Gasteiger partial charge is 0.355 e. The molecular formula is C16H27N3O2S. The summed E-state index contributed by atoms with van der Waals surface area (Å²) < 4.78 is 1.70. The number of hydrogen-bond acceptors (Lipinski definition) is 4. The zero-order chi connectivity index (χ0) is 16.1. The molecular weight excluding hydrogens is 298 g/mol. The molecule has 2 rings (SSSR count). The first kappa shape index (κ1) is 17.2. The monoisotopic (exact) mass is 325 g/mol. The smallest absolute Gasteiger partial charge is 0.307 e. The Labute approximate surface area is 136 Å². The number of carbonyl (C=O) groups is 1. The first-order chi connectivity index (χ1) is 10.5. The highest BCUT2D eigenvalue weighted by Gasteiger charge is 2.16. The lowest BCUT2D eigenvalue weighted by Crippen LogP contribution is -2.40. The fourth-order valence-electron chi connectivity index (χ4n) is 2.99. The Balaban J connectivity index is 1.69. The van der Waals surface area contributed by atoms with Crippen LogP contribution >= 0.6 is 11.3 Å². The Morgan fingerprint density at radius 3 is 2.77 bits per heavy atom. The zero-order valence-corrected chi connectivity index (χ0v) is 14.7. The molecule has 0 spiro atoms. The van der Waals surface area contributed by atoms with E-state index in [0.717, 1.165) is 36.1 Å². The van der Waals surface area contributed by atoms with Gasteiger partial charge < -0.3 is 14.8 Å². The summed E-state index contributed by atoms with van der Waals surface area (Å²) in [6, 6.07) is 0. The molecule has 1 aromatic heterocycles. The van der Waals surface area contributed by atoms with E-state index >= 15 is 0 Å². The molecule has 0 aliphatic carbocycles. The standard InChI is InChI=1S/C16H27N3O2S/c1-12-5-4-8-18(11-12)10-7-17-15(20)6-9-19-13(2)14(3)22-16(19)21/h12H,4-11H2,1-3H3,(H,17,20)/t12-/m0/s1. The highest BCUT2D eigenvalue weighted by atomic mass is 32.1. The summed E-state index contributed by atoms with van der Waals surface area (Å²) in [5.74, 6) is 0.793. The van der Waals surface area contributed by atoms with Gasteiger partial charge in [-0.1, -0.05) is 18.3 Å². The maximum absolute atomic E-state index is 11.9. The minimum atomic E-state index is 0.0280. The molecule has 1 aliphatic rings. The lowest BCUT2D eigenvalue weighted by Gasteiger charge is -2.30. The average Bonchev–Trinajstić information content (AvgIpc) is 2.70. The van der Waals surface area contributed by atoms with Crippen molar-refractivity contribution in [2.24, 2.45) is 5.92 Å². The number of piperidine rings is 1. The summed E-state index contributed by atoms with van der Waals surface area (Å²) >= 11 is 1.25. The van der Waals surface area contributed by atoms with Gasteiger partial charge in [-0.05, 0) is 39.2 Å². The summed E-state index contributed by atoms with van der Waals surface area (Å²) in [5.41, 5.74) is 0.977. The number of nitrogens with zero attached hydrogens (tertiary/aromatic N) is 2. The van der Waals surface area contributed by atoms with E-state index < -0.39 is 0 Å². The summed E-state index contributed by atoms with van der Waals surface area (Å²) in [4.78, 5) is 27.2. The average molecular weight is 325 g/mol. The molecule has 22 heavy (non-hydrogen) atoms. The number of nitrogens with one attached hydrogen (secondary N) is 1. The maximum Gasteiger partial charge on any atom is 0.307 e. The van der Waals surface area contributed by atoms with Gasteiger partial charge >= 0.3 is 4.87 Å². The highest BCUT2D eigenvalue weighted by Crippen LogP contribution is 2.14. The molecule has 1 amide bonds. The molecule has 0 saturated carbocycles. The fraction of sp³-hybridized carbons (Fsp3) is 0.750. The van der Waals surface area contributed by atoms with Gasteiger partial charge in [-0.3, -0.25) is 9.59 Å². The molecule has 0 unspecified atom stereocenters. The molecule has 0 bridgehead atoms. The Hall–Kier alpha value is -1.14. The molecule has 1 fully saturated rings. The minimum Gasteiger partial charge on any atom is -0.355 e. The van der Waals surface area contributed by atoms with Crippen molar-refractivity contribution >= 4 is 17.2 Å². The van der Waals surface area contributed by atoms with E-state index in [9.17, 15) is 9.59 Å². The van der Waals surface area contributed by atoms with Crippen LogP contribution in [0.5, 0.6) is 0 Å². The van der Waals surface area contributed by atoms with Gasteiger partial charge in [0.15, 0.2) is 0 Å². The number of aryl methyl sites for hydroxylation is 1. The van der Waals surface area contributed by atoms with E-state index in [1.54, 1.807) is 4.57 Å². The van der Waals surface area contributed by atoms with Crippen molar-refractivity contribution < 1.29 is 4.79 Å². The van der Waals surface area contributed by atoms with Crippen LogP contribution < -0.4 is 10.2 Å². The summed E-state index contributed by atoms with van der Waals surface area (Å²) in [6.07, 6.45) is 2.94. The second kappa shape index (κ2) is 7.92. The van der Waals surface area contributed by atoms with Crippen LogP contribution in [0.1, 0.15) is 36.8 Å². The first-order valence-corrected chi connectivity index (χ1v) is 8.95. The summed E-state index contributed by atoms with van der Waals surface area (Å²) in [6.45, 7) is 10.5. The molecule has 6 heteroatoms. The predicted molar refractivity (Wildman–Crippen MR) is 90.5 cm³/mol. The van der Waals surface area contributed by atoms with Crippen LogP contribution in [-0.4, -0.2) is 41.6 Å². The number of rotatable bonds is 6. The Morgan fingerprint density at radius 2 is 2.14 bits per heavy atom. The van der Waals surface area contributed by atoms with Gasteiger partial charge in [-0.15, -0.1) is 0 Å². The van der Waals surface area contributed by atoms with Crippen LogP contribution in [-0.2, 0) is 11.3 Å². The summed E-state index contributed by atoms with van der Waals surface area (Å²) in [5, 5.41) is 2.97. The van der Waals surface area contributed by atoms with E-state index in [1.165, 1.54) is 24.2 Å². The molecule has 124 valence electrons. The number of amides is 1. The van der Waals surface area contributed by atoms with E-state index in [0.29, 0.717) is 19.5 Å². The van der Waals surface area contributed by atoms with Gasteiger partial charge in [0.25, 0.3) is 0 Å². The van der Waals surface area contributed by atoms with Gasteiger partial charge in [-0.2, -0.15) is 0 Å². The molecule has 5 nitrogen and oxygen atoms in total. The van der Waals surface area contributed by atoms with Crippen LogP contribution in [0.3, 0.4) is 0 Å². The zero-order valence-electron chi connectivity index (χ0n) is 13.9. The van der Waals surface area contributed by atoms with Crippen molar-refractivity contribution in [3.05, 3.63) is 20.2 Å². The number of thiazole rings is 1. The van der Waals surface area contributed by atoms with Gasteiger partial charge in [-0.25, -0.2) is 0 Å². The summed E-state index contributed by atoms with van der Waals surface area (Å²) in [7, 11) is 0. The van der Waals surface area contributed by atoms with Crippen molar-refractivity contribution in [2.45, 2.75) is 46.6 Å². The van der Waals surface area contributed by atoms with Crippen molar-refractivity contribution in [2.75, 3.05) is 26.2 Å². The number of aromatic nitrogens is 1. The quantitative estimate of drug-likeness (QED) is 0.867. The Kier molecular flexibility index (Phi) is 6.20. The lowest BCUT2D eigenvalue weighted by atomic mass is 10.0. The van der Waals surface area contributed by atoms with Crippen LogP contribution in [0.15, 0.2) is 4.79 Å². The Morgan fingerprint density at radius 1 is 1.36 bits per heavy atom. The normalized spacial score (nSPS) is 19.3. The van der Waals surface area contributed by atoms with E-state index in [2.05, 4.69) is 17.1 Å². The topological polar surface area (TPSA) is 54.3 Å². The second-order valence-corrected chi connectivity index (χ2v) is 7.47. The molecule has 1 saturated heterocycles. The predicted octanol–water partition coefficient (Wildman–Crippen LogP) is 1.76. The molecule has 1 aliphatic heterocycles. The van der Waals surface area contributed by atoms with Gasteiger partial charge in [0.2, 0.25) is 5.91 Å². The van der Waals surface area contributed by atoms with E-state index in [1.807, 2.05) is 13.8 Å². The van der Waals surface area contributed by atoms with Gasteiger partial charge in [0.05, 0.1) is 0 Å². The molecule has 0 radical (unpaired) electrons. The highest BCUT2D eigenvalue weighted by molar-refractivity contribution is 7.09. The number of likely N-dealkylation sites (tertiary alicyclic amines) is 1. The van der Waals surface area contributed by atoms with Crippen molar-refractivity contribution in [3.63, 3.8) is 0 Å². The van der Waals surface area contributed by atoms with Crippen molar-refractivity contribution in [1.29, 1.82) is 0 Å². The SMILES string of the molecule is Cc1sc(=O)n(CCC(=O)NCCN2CCC[C@H](C)C2)c1C. The molecule has 1 N–H and O–H groups in total. The van der Waals surface area contributed by atoms with Crippen molar-refractivity contribution in [3.8, 4) is 0 Å². The molecule has 2 heterocycles. The van der Waals surface area contributed by atoms with Gasteiger partial charge in [0, 0.05) is 43.2 Å². The van der Waals surface area contributed by atoms with Crippen LogP contribution in [0.4, 0.5) is 0 Å². The second-order valence-electron chi connectivity index (χ2n) is 6.31. The first-order valence-electron chi connectivity index (χ1n) is 8.13. The molecule has 1 aromatic rings. The van der Waals surface area contributed by atoms with Crippen LogP contribution in [0.2, 0.25) is 0 Å². The third-order valence-corrected chi connectivity index (χ3v) is 5.43. The number of hydrogen-bond donors (Lipinski definition) is 1. The maximum atomic E-state index is 11.9.